The Morgan fingerprint density at radius 2 is 1.75 bits per heavy atom. The van der Waals surface area contributed by atoms with Crippen molar-refractivity contribution in [3.8, 4) is 5.75 Å². The van der Waals surface area contributed by atoms with E-state index in [1.165, 1.54) is 0 Å². The van der Waals surface area contributed by atoms with Crippen LogP contribution in [0.15, 0.2) is 22.7 Å². The highest BCUT2D eigenvalue weighted by atomic mass is 79.9. The van der Waals surface area contributed by atoms with Crippen LogP contribution in [-0.2, 0) is 0 Å². The van der Waals surface area contributed by atoms with E-state index in [1.807, 2.05) is 25.1 Å². The number of rotatable bonds is 7. The van der Waals surface area contributed by atoms with Gasteiger partial charge in [0.15, 0.2) is 0 Å². The van der Waals surface area contributed by atoms with Crippen LogP contribution in [0.3, 0.4) is 0 Å². The van der Waals surface area contributed by atoms with Crippen molar-refractivity contribution in [1.29, 1.82) is 0 Å². The molecule has 0 spiro atoms. The van der Waals surface area contributed by atoms with Crippen molar-refractivity contribution >= 4 is 15.9 Å². The highest BCUT2D eigenvalue weighted by Crippen LogP contribution is 2.27. The number of hydrogen-bond acceptors (Lipinski definition) is 3. The smallest absolute Gasteiger partial charge is 0.133 e. The first-order valence-electron chi connectivity index (χ1n) is 7.26. The van der Waals surface area contributed by atoms with Gasteiger partial charge in [-0.2, -0.15) is 0 Å². The average Bonchev–Trinajstić information content (AvgIpc) is 2.34. The minimum atomic E-state index is 0.0396. The largest absolute Gasteiger partial charge is 0.491 e. The molecule has 1 aromatic carbocycles. The second-order valence-corrected chi connectivity index (χ2v) is 6.61. The minimum absolute atomic E-state index is 0.0396. The van der Waals surface area contributed by atoms with E-state index in [0.29, 0.717) is 18.7 Å². The first-order chi connectivity index (χ1) is 9.32. The van der Waals surface area contributed by atoms with Crippen LogP contribution in [0, 0.1) is 0 Å². The molecule has 0 aliphatic heterocycles. The zero-order valence-electron chi connectivity index (χ0n) is 13.2. The van der Waals surface area contributed by atoms with E-state index >= 15 is 0 Å². The zero-order valence-corrected chi connectivity index (χ0v) is 14.8. The van der Waals surface area contributed by atoms with Crippen molar-refractivity contribution < 1.29 is 4.74 Å². The molecule has 0 radical (unpaired) electrons. The SMILES string of the molecule is CC(C)N(CCOc1ccc([C@H](C)N)cc1Br)C(C)C. The average molecular weight is 343 g/mol. The van der Waals surface area contributed by atoms with Crippen LogP contribution in [0.25, 0.3) is 0 Å². The fraction of sp³-hybridized carbons (Fsp3) is 0.625. The Bertz CT molecular complexity index is 411. The molecule has 1 rings (SSSR count). The fourth-order valence-electron chi connectivity index (χ4n) is 2.29. The summed E-state index contributed by atoms with van der Waals surface area (Å²) in [5.41, 5.74) is 6.98. The van der Waals surface area contributed by atoms with E-state index in [0.717, 1.165) is 22.3 Å². The van der Waals surface area contributed by atoms with E-state index < -0.39 is 0 Å². The van der Waals surface area contributed by atoms with Crippen molar-refractivity contribution in [2.45, 2.75) is 52.7 Å². The summed E-state index contributed by atoms with van der Waals surface area (Å²) in [7, 11) is 0. The Morgan fingerprint density at radius 3 is 2.20 bits per heavy atom. The lowest BCUT2D eigenvalue weighted by atomic mass is 10.1. The number of benzene rings is 1. The lowest BCUT2D eigenvalue weighted by Crippen LogP contribution is -2.39. The molecule has 4 heteroatoms. The van der Waals surface area contributed by atoms with E-state index in [9.17, 15) is 0 Å². The molecule has 0 unspecified atom stereocenters. The third-order valence-corrected chi connectivity index (χ3v) is 4.04. The molecule has 0 aromatic heterocycles. The molecule has 0 heterocycles. The quantitative estimate of drug-likeness (QED) is 0.814. The van der Waals surface area contributed by atoms with Crippen LogP contribution in [0.2, 0.25) is 0 Å². The van der Waals surface area contributed by atoms with Crippen LogP contribution in [0.1, 0.15) is 46.2 Å². The topological polar surface area (TPSA) is 38.5 Å². The fourth-order valence-corrected chi connectivity index (χ4v) is 2.80. The predicted octanol–water partition coefficient (Wildman–Crippen LogP) is 3.97. The maximum atomic E-state index is 5.87. The van der Waals surface area contributed by atoms with Gasteiger partial charge >= 0.3 is 0 Å². The van der Waals surface area contributed by atoms with E-state index in [2.05, 4.69) is 48.5 Å². The second kappa shape index (κ2) is 8.01. The van der Waals surface area contributed by atoms with Crippen LogP contribution >= 0.6 is 15.9 Å². The van der Waals surface area contributed by atoms with Crippen LogP contribution < -0.4 is 10.5 Å². The van der Waals surface area contributed by atoms with Crippen molar-refractivity contribution in [3.63, 3.8) is 0 Å². The van der Waals surface area contributed by atoms with Crippen molar-refractivity contribution in [2.75, 3.05) is 13.2 Å². The molecule has 0 aliphatic rings. The van der Waals surface area contributed by atoms with Gasteiger partial charge in [-0.25, -0.2) is 0 Å². The molecule has 114 valence electrons. The van der Waals surface area contributed by atoms with Gasteiger partial charge in [-0.05, 0) is 68.2 Å². The van der Waals surface area contributed by atoms with Gasteiger partial charge in [0.25, 0.3) is 0 Å². The summed E-state index contributed by atoms with van der Waals surface area (Å²) in [5.74, 6) is 0.877. The highest BCUT2D eigenvalue weighted by Gasteiger charge is 2.13. The number of halogens is 1. The maximum absolute atomic E-state index is 5.87. The minimum Gasteiger partial charge on any atom is -0.491 e. The molecular weight excluding hydrogens is 316 g/mol. The van der Waals surface area contributed by atoms with Crippen LogP contribution in [-0.4, -0.2) is 30.1 Å². The molecule has 0 saturated heterocycles. The Morgan fingerprint density at radius 1 is 1.15 bits per heavy atom. The molecule has 0 fully saturated rings. The Balaban J connectivity index is 2.58. The molecule has 0 saturated carbocycles. The second-order valence-electron chi connectivity index (χ2n) is 5.75. The van der Waals surface area contributed by atoms with Crippen LogP contribution in [0.5, 0.6) is 5.75 Å². The van der Waals surface area contributed by atoms with E-state index in [1.54, 1.807) is 0 Å². The van der Waals surface area contributed by atoms with Gasteiger partial charge in [0.1, 0.15) is 12.4 Å². The first-order valence-corrected chi connectivity index (χ1v) is 8.05. The van der Waals surface area contributed by atoms with Gasteiger partial charge in [-0.1, -0.05) is 6.07 Å². The monoisotopic (exact) mass is 342 g/mol. The highest BCUT2D eigenvalue weighted by molar-refractivity contribution is 9.10. The molecule has 3 nitrogen and oxygen atoms in total. The third-order valence-electron chi connectivity index (χ3n) is 3.42. The summed E-state index contributed by atoms with van der Waals surface area (Å²) in [6.45, 7) is 12.5. The number of hydrogen-bond donors (Lipinski definition) is 1. The summed E-state index contributed by atoms with van der Waals surface area (Å²) < 4.78 is 6.84. The first kappa shape index (κ1) is 17.5. The summed E-state index contributed by atoms with van der Waals surface area (Å²) in [6.07, 6.45) is 0. The third kappa shape index (κ3) is 5.08. The molecule has 0 amide bonds. The predicted molar refractivity (Wildman–Crippen MR) is 89.2 cm³/mol. The standard InChI is InChI=1S/C16H27BrN2O/c1-11(2)19(12(3)4)8-9-20-16-7-6-14(13(5)18)10-15(16)17/h6-7,10-13H,8-9,18H2,1-5H3/t13-/m0/s1. The number of ether oxygens (including phenoxy) is 1. The van der Waals surface area contributed by atoms with Gasteiger partial charge < -0.3 is 10.5 Å². The molecule has 0 bridgehead atoms. The van der Waals surface area contributed by atoms with Gasteiger partial charge in [0.05, 0.1) is 4.47 Å². The van der Waals surface area contributed by atoms with E-state index in [4.69, 9.17) is 10.5 Å². The maximum Gasteiger partial charge on any atom is 0.133 e. The number of nitrogens with two attached hydrogens (primary N) is 1. The summed E-state index contributed by atoms with van der Waals surface area (Å²) in [5, 5.41) is 0. The van der Waals surface area contributed by atoms with Crippen LogP contribution in [0.4, 0.5) is 0 Å². The molecule has 1 aromatic rings. The summed E-state index contributed by atoms with van der Waals surface area (Å²) >= 11 is 3.55. The van der Waals surface area contributed by atoms with Crippen molar-refractivity contribution in [2.24, 2.45) is 5.73 Å². The molecular formula is C16H27BrN2O. The van der Waals surface area contributed by atoms with Gasteiger partial charge in [-0.15, -0.1) is 0 Å². The molecule has 20 heavy (non-hydrogen) atoms. The Labute approximate surface area is 131 Å². The zero-order chi connectivity index (χ0) is 15.3. The molecule has 0 aliphatic carbocycles. The van der Waals surface area contributed by atoms with Crippen molar-refractivity contribution in [3.05, 3.63) is 28.2 Å². The Kier molecular flexibility index (Phi) is 7.00. The lowest BCUT2D eigenvalue weighted by Gasteiger charge is -2.30. The van der Waals surface area contributed by atoms with Gasteiger partial charge in [0, 0.05) is 24.7 Å². The van der Waals surface area contributed by atoms with Crippen molar-refractivity contribution in [1.82, 2.24) is 4.90 Å². The lowest BCUT2D eigenvalue weighted by molar-refractivity contribution is 0.141. The molecule has 2 N–H and O–H groups in total. The summed E-state index contributed by atoms with van der Waals surface area (Å²) in [4.78, 5) is 2.42. The van der Waals surface area contributed by atoms with E-state index in [-0.39, 0.29) is 6.04 Å². The van der Waals surface area contributed by atoms with Gasteiger partial charge in [0.2, 0.25) is 0 Å². The molecule has 1 atom stereocenters. The normalized spacial score (nSPS) is 13.3. The summed E-state index contributed by atoms with van der Waals surface area (Å²) in [6, 6.07) is 7.14. The van der Waals surface area contributed by atoms with Gasteiger partial charge in [-0.3, -0.25) is 4.90 Å². The number of nitrogens with zero attached hydrogens (tertiary/aromatic N) is 1. The Hall–Kier alpha value is -0.580.